The van der Waals surface area contributed by atoms with Crippen LogP contribution < -0.4 is 10.1 Å². The molecule has 20 heavy (non-hydrogen) atoms. The maximum atomic E-state index is 5.82. The van der Waals surface area contributed by atoms with Crippen LogP contribution in [0.1, 0.15) is 22.3 Å². The molecule has 2 aromatic rings. The lowest BCUT2D eigenvalue weighted by molar-refractivity contribution is 0.330. The van der Waals surface area contributed by atoms with Gasteiger partial charge in [0.1, 0.15) is 12.4 Å². The van der Waals surface area contributed by atoms with E-state index in [1.807, 2.05) is 6.07 Å². The summed E-state index contributed by atoms with van der Waals surface area (Å²) in [6, 6.07) is 12.7. The first kappa shape index (κ1) is 14.4. The molecule has 0 fully saturated rings. The van der Waals surface area contributed by atoms with Crippen LogP contribution in [0.4, 0.5) is 5.69 Å². The molecule has 0 saturated heterocycles. The first-order valence-corrected chi connectivity index (χ1v) is 7.07. The van der Waals surface area contributed by atoms with Gasteiger partial charge in [-0.25, -0.2) is 0 Å². The number of ether oxygens (including phenoxy) is 1. The fourth-order valence-corrected chi connectivity index (χ4v) is 2.23. The van der Waals surface area contributed by atoms with Crippen molar-refractivity contribution in [3.63, 3.8) is 0 Å². The van der Waals surface area contributed by atoms with Crippen molar-refractivity contribution < 1.29 is 4.74 Å². The number of hydrogen-bond acceptors (Lipinski definition) is 2. The molecule has 0 aliphatic rings. The Morgan fingerprint density at radius 3 is 2.30 bits per heavy atom. The van der Waals surface area contributed by atoms with Gasteiger partial charge in [-0.2, -0.15) is 0 Å². The highest BCUT2D eigenvalue weighted by molar-refractivity contribution is 5.52. The summed E-state index contributed by atoms with van der Waals surface area (Å²) in [6.07, 6.45) is 0. The zero-order valence-electron chi connectivity index (χ0n) is 12.8. The van der Waals surface area contributed by atoms with E-state index in [-0.39, 0.29) is 0 Å². The number of aryl methyl sites for hydroxylation is 4. The van der Waals surface area contributed by atoms with Crippen molar-refractivity contribution in [3.05, 3.63) is 58.7 Å². The van der Waals surface area contributed by atoms with Crippen LogP contribution in [0.15, 0.2) is 36.4 Å². The van der Waals surface area contributed by atoms with Gasteiger partial charge in [0.15, 0.2) is 0 Å². The Hall–Kier alpha value is -1.96. The van der Waals surface area contributed by atoms with Crippen molar-refractivity contribution in [2.45, 2.75) is 27.7 Å². The molecule has 0 radical (unpaired) electrons. The Balaban J connectivity index is 1.86. The predicted octanol–water partition coefficient (Wildman–Crippen LogP) is 4.41. The standard InChI is InChI=1S/C18H23NO/c1-13-6-8-18(16(4)11-13)20-10-9-19-17-12-14(2)5-7-15(17)3/h5-8,11-12,19H,9-10H2,1-4H3. The largest absolute Gasteiger partial charge is 0.491 e. The number of rotatable bonds is 5. The van der Waals surface area contributed by atoms with Gasteiger partial charge in [0.25, 0.3) is 0 Å². The fraction of sp³-hybridized carbons (Fsp3) is 0.333. The first-order chi connectivity index (χ1) is 9.56. The fourth-order valence-electron chi connectivity index (χ4n) is 2.23. The van der Waals surface area contributed by atoms with Gasteiger partial charge in [0.05, 0.1) is 0 Å². The van der Waals surface area contributed by atoms with E-state index in [9.17, 15) is 0 Å². The number of hydrogen-bond donors (Lipinski definition) is 1. The van der Waals surface area contributed by atoms with Crippen molar-refractivity contribution in [3.8, 4) is 5.75 Å². The number of nitrogens with one attached hydrogen (secondary N) is 1. The molecule has 2 rings (SSSR count). The van der Waals surface area contributed by atoms with Crippen LogP contribution in [0.25, 0.3) is 0 Å². The Bertz CT molecular complexity index is 590. The summed E-state index contributed by atoms with van der Waals surface area (Å²) in [5.41, 5.74) is 6.19. The summed E-state index contributed by atoms with van der Waals surface area (Å²) in [4.78, 5) is 0. The highest BCUT2D eigenvalue weighted by atomic mass is 16.5. The second kappa shape index (κ2) is 6.47. The van der Waals surface area contributed by atoms with Gasteiger partial charge < -0.3 is 10.1 Å². The van der Waals surface area contributed by atoms with Crippen molar-refractivity contribution in [1.29, 1.82) is 0 Å². The maximum absolute atomic E-state index is 5.82. The summed E-state index contributed by atoms with van der Waals surface area (Å²) >= 11 is 0. The molecule has 106 valence electrons. The molecule has 2 nitrogen and oxygen atoms in total. The zero-order valence-corrected chi connectivity index (χ0v) is 12.8. The second-order valence-electron chi connectivity index (χ2n) is 5.36. The molecule has 0 bridgehead atoms. The van der Waals surface area contributed by atoms with E-state index in [2.05, 4.69) is 63.3 Å². The molecular formula is C18H23NO. The zero-order chi connectivity index (χ0) is 14.5. The Morgan fingerprint density at radius 1 is 0.850 bits per heavy atom. The van der Waals surface area contributed by atoms with Crippen LogP contribution in [0.5, 0.6) is 5.75 Å². The van der Waals surface area contributed by atoms with E-state index < -0.39 is 0 Å². The van der Waals surface area contributed by atoms with Crippen molar-refractivity contribution >= 4 is 5.69 Å². The van der Waals surface area contributed by atoms with E-state index in [1.54, 1.807) is 0 Å². The lowest BCUT2D eigenvalue weighted by atomic mass is 10.1. The molecule has 0 saturated carbocycles. The number of benzene rings is 2. The average molecular weight is 269 g/mol. The summed E-state index contributed by atoms with van der Waals surface area (Å²) < 4.78 is 5.82. The van der Waals surface area contributed by atoms with Crippen LogP contribution in [0.2, 0.25) is 0 Å². The van der Waals surface area contributed by atoms with Gasteiger partial charge in [-0.1, -0.05) is 29.8 Å². The van der Waals surface area contributed by atoms with Crippen LogP contribution in [0, 0.1) is 27.7 Å². The minimum atomic E-state index is 0.664. The quantitative estimate of drug-likeness (QED) is 0.812. The van der Waals surface area contributed by atoms with E-state index in [4.69, 9.17) is 4.74 Å². The summed E-state index contributed by atoms with van der Waals surface area (Å²) in [7, 11) is 0. The third-order valence-electron chi connectivity index (χ3n) is 3.40. The monoisotopic (exact) mass is 269 g/mol. The minimum Gasteiger partial charge on any atom is -0.491 e. The van der Waals surface area contributed by atoms with Crippen LogP contribution in [-0.4, -0.2) is 13.2 Å². The molecule has 0 aromatic heterocycles. The molecule has 1 N–H and O–H groups in total. The van der Waals surface area contributed by atoms with Gasteiger partial charge in [0.2, 0.25) is 0 Å². The van der Waals surface area contributed by atoms with Crippen LogP contribution in [0.3, 0.4) is 0 Å². The van der Waals surface area contributed by atoms with Crippen molar-refractivity contribution in [1.82, 2.24) is 0 Å². The molecule has 0 unspecified atom stereocenters. The molecule has 0 heterocycles. The molecular weight excluding hydrogens is 246 g/mol. The van der Waals surface area contributed by atoms with Gasteiger partial charge >= 0.3 is 0 Å². The summed E-state index contributed by atoms with van der Waals surface area (Å²) in [6.45, 7) is 9.87. The average Bonchev–Trinajstić information content (AvgIpc) is 2.40. The van der Waals surface area contributed by atoms with Crippen molar-refractivity contribution in [2.75, 3.05) is 18.5 Å². The highest BCUT2D eigenvalue weighted by Gasteiger charge is 2.00. The summed E-state index contributed by atoms with van der Waals surface area (Å²) in [5, 5.41) is 3.43. The molecule has 2 aromatic carbocycles. The van der Waals surface area contributed by atoms with E-state index in [0.29, 0.717) is 6.61 Å². The first-order valence-electron chi connectivity index (χ1n) is 7.07. The van der Waals surface area contributed by atoms with Gasteiger partial charge in [0, 0.05) is 12.2 Å². The predicted molar refractivity (Wildman–Crippen MR) is 85.8 cm³/mol. The Labute approximate surface area is 121 Å². The Kier molecular flexibility index (Phi) is 4.67. The topological polar surface area (TPSA) is 21.3 Å². The van der Waals surface area contributed by atoms with Gasteiger partial charge in [-0.15, -0.1) is 0 Å². The molecule has 2 heteroatoms. The summed E-state index contributed by atoms with van der Waals surface area (Å²) in [5.74, 6) is 0.971. The maximum Gasteiger partial charge on any atom is 0.122 e. The molecule has 0 amide bonds. The van der Waals surface area contributed by atoms with E-state index in [0.717, 1.165) is 12.3 Å². The lowest BCUT2D eigenvalue weighted by Crippen LogP contribution is -2.12. The van der Waals surface area contributed by atoms with Crippen LogP contribution >= 0.6 is 0 Å². The molecule has 0 spiro atoms. The third kappa shape index (κ3) is 3.77. The molecule has 0 aliphatic heterocycles. The van der Waals surface area contributed by atoms with E-state index >= 15 is 0 Å². The SMILES string of the molecule is Cc1ccc(OCCNc2cc(C)ccc2C)c(C)c1. The minimum absolute atomic E-state index is 0.664. The molecule has 0 aliphatic carbocycles. The number of anilines is 1. The Morgan fingerprint density at radius 2 is 1.55 bits per heavy atom. The van der Waals surface area contributed by atoms with Crippen molar-refractivity contribution in [2.24, 2.45) is 0 Å². The second-order valence-corrected chi connectivity index (χ2v) is 5.36. The van der Waals surface area contributed by atoms with Gasteiger partial charge in [-0.05, 0) is 56.5 Å². The van der Waals surface area contributed by atoms with E-state index in [1.165, 1.54) is 27.9 Å². The highest BCUT2D eigenvalue weighted by Crippen LogP contribution is 2.19. The normalized spacial score (nSPS) is 10.4. The van der Waals surface area contributed by atoms with Crippen LogP contribution in [-0.2, 0) is 0 Å². The molecule has 0 atom stereocenters. The van der Waals surface area contributed by atoms with Gasteiger partial charge in [-0.3, -0.25) is 0 Å². The third-order valence-corrected chi connectivity index (χ3v) is 3.40. The lowest BCUT2D eigenvalue weighted by Gasteiger charge is -2.13. The smallest absolute Gasteiger partial charge is 0.122 e.